The molecule has 1 amide bonds. The molecule has 9 heteroatoms. The van der Waals surface area contributed by atoms with E-state index < -0.39 is 11.7 Å². The number of amides is 1. The Morgan fingerprint density at radius 3 is 2.39 bits per heavy atom. The molecule has 0 saturated carbocycles. The maximum absolute atomic E-state index is 13.0. The average Bonchev–Trinajstić information content (AvgIpc) is 3.33. The van der Waals surface area contributed by atoms with Gasteiger partial charge in [0, 0.05) is 31.0 Å². The summed E-state index contributed by atoms with van der Waals surface area (Å²) < 4.78 is 43.4. The largest absolute Gasteiger partial charge is 0.416 e. The van der Waals surface area contributed by atoms with E-state index in [9.17, 15) is 18.0 Å². The van der Waals surface area contributed by atoms with Crippen LogP contribution in [0.5, 0.6) is 0 Å². The van der Waals surface area contributed by atoms with Crippen LogP contribution in [0.4, 0.5) is 18.3 Å². The van der Waals surface area contributed by atoms with Crippen LogP contribution in [0.2, 0.25) is 0 Å². The number of alkyl halides is 3. The molecule has 0 spiro atoms. The molecule has 36 heavy (non-hydrogen) atoms. The first-order chi connectivity index (χ1) is 17.3. The van der Waals surface area contributed by atoms with Crippen molar-refractivity contribution >= 4 is 22.6 Å². The number of hydrogen-bond acceptors (Lipinski definition) is 5. The van der Waals surface area contributed by atoms with Gasteiger partial charge in [-0.05, 0) is 35.7 Å². The van der Waals surface area contributed by atoms with Crippen LogP contribution in [0.15, 0.2) is 78.9 Å². The van der Waals surface area contributed by atoms with Crippen LogP contribution in [0.1, 0.15) is 33.6 Å². The number of rotatable bonds is 9. The Labute approximate surface area is 211 Å². The lowest BCUT2D eigenvalue weighted by Crippen LogP contribution is -2.36. The van der Waals surface area contributed by atoms with Crippen LogP contribution in [-0.4, -0.2) is 21.8 Å². The second-order valence-corrected chi connectivity index (χ2v) is 9.20. The molecule has 0 bridgehead atoms. The number of hydrogen-bond donors (Lipinski definition) is 1. The van der Waals surface area contributed by atoms with Gasteiger partial charge in [-0.25, -0.2) is 4.98 Å². The summed E-state index contributed by atoms with van der Waals surface area (Å²) in [6.45, 7) is 2.46. The molecule has 3 aromatic carbocycles. The number of carbonyl (C=O) groups excluding carboxylic acids is 1. The Kier molecular flexibility index (Phi) is 8.00. The second kappa shape index (κ2) is 11.3. The van der Waals surface area contributed by atoms with E-state index in [1.807, 2.05) is 66.4 Å². The number of aryl methyl sites for hydroxylation is 1. The van der Waals surface area contributed by atoms with Gasteiger partial charge >= 0.3 is 6.18 Å². The predicted molar refractivity (Wildman–Crippen MR) is 135 cm³/mol. The summed E-state index contributed by atoms with van der Waals surface area (Å²) in [5.41, 5.74) is 2.91. The Hall–Kier alpha value is -3.72. The lowest BCUT2D eigenvalue weighted by molar-refractivity contribution is -0.137. The molecule has 0 aliphatic carbocycles. The molecule has 1 N–H and O–H groups in total. The first-order valence-electron chi connectivity index (χ1n) is 11.4. The van der Waals surface area contributed by atoms with Gasteiger partial charge < -0.3 is 10.2 Å². The van der Waals surface area contributed by atoms with E-state index in [0.717, 1.165) is 23.3 Å². The van der Waals surface area contributed by atoms with Gasteiger partial charge in [-0.2, -0.15) is 17.5 Å². The molecule has 0 fully saturated rings. The minimum Gasteiger partial charge on any atom is -0.350 e. The summed E-state index contributed by atoms with van der Waals surface area (Å²) in [7, 11) is 0. The molecule has 0 saturated heterocycles. The van der Waals surface area contributed by atoms with Crippen molar-refractivity contribution < 1.29 is 18.0 Å². The highest BCUT2D eigenvalue weighted by Gasteiger charge is 2.30. The van der Waals surface area contributed by atoms with E-state index in [1.54, 1.807) is 6.07 Å². The lowest BCUT2D eigenvalue weighted by atomic mass is 10.1. The fourth-order valence-electron chi connectivity index (χ4n) is 3.62. The molecule has 186 valence electrons. The summed E-state index contributed by atoms with van der Waals surface area (Å²) in [5.74, 6) is 0.347. The third kappa shape index (κ3) is 7.14. The van der Waals surface area contributed by atoms with Gasteiger partial charge in [0.05, 0.1) is 12.1 Å². The lowest BCUT2D eigenvalue weighted by Gasteiger charge is -2.21. The topological polar surface area (TPSA) is 58.1 Å². The maximum atomic E-state index is 13.0. The molecule has 4 aromatic rings. The first-order valence-corrected chi connectivity index (χ1v) is 12.1. The van der Waals surface area contributed by atoms with Crippen molar-refractivity contribution in [2.75, 3.05) is 11.4 Å². The first kappa shape index (κ1) is 25.4. The molecule has 0 atom stereocenters. The average molecular weight is 511 g/mol. The summed E-state index contributed by atoms with van der Waals surface area (Å²) in [4.78, 5) is 19.3. The van der Waals surface area contributed by atoms with E-state index in [-0.39, 0.29) is 19.0 Å². The smallest absolute Gasteiger partial charge is 0.350 e. The fraction of sp³-hybridized carbons (Fsp3) is 0.222. The van der Waals surface area contributed by atoms with Crippen molar-refractivity contribution in [3.05, 3.63) is 113 Å². The van der Waals surface area contributed by atoms with E-state index in [0.29, 0.717) is 29.5 Å². The highest BCUT2D eigenvalue weighted by Crippen LogP contribution is 2.29. The van der Waals surface area contributed by atoms with Gasteiger partial charge in [0.15, 0.2) is 0 Å². The zero-order valence-corrected chi connectivity index (χ0v) is 20.4. The molecule has 0 aliphatic rings. The quantitative estimate of drug-likeness (QED) is 0.310. The van der Waals surface area contributed by atoms with Gasteiger partial charge in [0.25, 0.3) is 0 Å². The number of halogens is 3. The third-order valence-corrected chi connectivity index (χ3v) is 6.32. The molecule has 0 radical (unpaired) electrons. The fourth-order valence-corrected chi connectivity index (χ4v) is 4.30. The summed E-state index contributed by atoms with van der Waals surface area (Å²) >= 11 is 1.22. The summed E-state index contributed by atoms with van der Waals surface area (Å²) in [6, 6.07) is 22.8. The van der Waals surface area contributed by atoms with Crippen LogP contribution < -0.4 is 10.2 Å². The monoisotopic (exact) mass is 510 g/mol. The standard InChI is InChI=1S/C27H25F3N4OS/c1-19-10-12-20(13-11-19)15-24-32-26(36-33-24)34(17-21-6-3-2-4-7-21)18-25(35)31-16-22-8-5-9-23(14-22)27(28,29)30/h2-14H,15-18H2,1H3,(H,31,35). The molecule has 1 heterocycles. The number of carbonyl (C=O) groups is 1. The number of nitrogens with zero attached hydrogens (tertiary/aromatic N) is 3. The number of anilines is 1. The minimum atomic E-state index is -4.43. The van der Waals surface area contributed by atoms with Gasteiger partial charge in [-0.3, -0.25) is 4.79 Å². The normalized spacial score (nSPS) is 11.3. The van der Waals surface area contributed by atoms with E-state index >= 15 is 0 Å². The molecule has 4 rings (SSSR count). The van der Waals surface area contributed by atoms with Gasteiger partial charge in [-0.1, -0.05) is 72.3 Å². The van der Waals surface area contributed by atoms with Crippen molar-refractivity contribution in [1.29, 1.82) is 0 Å². The van der Waals surface area contributed by atoms with Crippen molar-refractivity contribution in [3.8, 4) is 0 Å². The zero-order valence-electron chi connectivity index (χ0n) is 19.6. The van der Waals surface area contributed by atoms with E-state index in [2.05, 4.69) is 14.7 Å². The second-order valence-electron chi connectivity index (χ2n) is 8.47. The van der Waals surface area contributed by atoms with Gasteiger partial charge in [-0.15, -0.1) is 0 Å². The highest BCUT2D eigenvalue weighted by molar-refractivity contribution is 7.09. The van der Waals surface area contributed by atoms with Crippen LogP contribution in [0.25, 0.3) is 0 Å². The molecule has 5 nitrogen and oxygen atoms in total. The molecule has 0 unspecified atom stereocenters. The summed E-state index contributed by atoms with van der Waals surface area (Å²) in [6.07, 6.45) is -3.85. The molecular formula is C27H25F3N4OS. The summed E-state index contributed by atoms with van der Waals surface area (Å²) in [5, 5.41) is 3.33. The van der Waals surface area contributed by atoms with E-state index in [4.69, 9.17) is 0 Å². The minimum absolute atomic E-state index is 0.00325. The van der Waals surface area contributed by atoms with Crippen LogP contribution in [0, 0.1) is 6.92 Å². The van der Waals surface area contributed by atoms with Crippen molar-refractivity contribution in [3.63, 3.8) is 0 Å². The van der Waals surface area contributed by atoms with Crippen molar-refractivity contribution in [1.82, 2.24) is 14.7 Å². The molecular weight excluding hydrogens is 485 g/mol. The Morgan fingerprint density at radius 2 is 1.67 bits per heavy atom. The van der Waals surface area contributed by atoms with Crippen molar-refractivity contribution in [2.45, 2.75) is 32.6 Å². The van der Waals surface area contributed by atoms with E-state index in [1.165, 1.54) is 23.2 Å². The van der Waals surface area contributed by atoms with Crippen LogP contribution >= 0.6 is 11.5 Å². The van der Waals surface area contributed by atoms with Gasteiger partial charge in [0.1, 0.15) is 5.82 Å². The Balaban J connectivity index is 1.45. The zero-order chi connectivity index (χ0) is 25.5. The molecule has 1 aromatic heterocycles. The number of aromatic nitrogens is 2. The third-order valence-electron chi connectivity index (χ3n) is 5.51. The number of benzene rings is 3. The highest BCUT2D eigenvalue weighted by atomic mass is 32.1. The van der Waals surface area contributed by atoms with Crippen LogP contribution in [0.3, 0.4) is 0 Å². The predicted octanol–water partition coefficient (Wildman–Crippen LogP) is 5.78. The van der Waals surface area contributed by atoms with Gasteiger partial charge in [0.2, 0.25) is 11.0 Å². The van der Waals surface area contributed by atoms with Crippen molar-refractivity contribution in [2.24, 2.45) is 0 Å². The molecule has 0 aliphatic heterocycles. The Bertz CT molecular complexity index is 1290. The maximum Gasteiger partial charge on any atom is 0.416 e. The number of nitrogens with one attached hydrogen (secondary N) is 1. The Morgan fingerprint density at radius 1 is 0.944 bits per heavy atom. The SMILES string of the molecule is Cc1ccc(Cc2nsc(N(CC(=O)NCc3cccc(C(F)(F)F)c3)Cc3ccccc3)n2)cc1. The van der Waals surface area contributed by atoms with Crippen LogP contribution in [-0.2, 0) is 30.5 Å².